The zero-order valence-electron chi connectivity index (χ0n) is 15.8. The fourth-order valence-corrected chi connectivity index (χ4v) is 3.58. The lowest BCUT2D eigenvalue weighted by molar-refractivity contribution is 0.0122. The van der Waals surface area contributed by atoms with Gasteiger partial charge in [0, 0.05) is 35.6 Å². The molecule has 0 aliphatic carbocycles. The van der Waals surface area contributed by atoms with Crippen LogP contribution in [0.2, 0.25) is 0 Å². The molecule has 1 aliphatic rings. The Labute approximate surface area is 163 Å². The van der Waals surface area contributed by atoms with Gasteiger partial charge in [0.1, 0.15) is 11.4 Å². The maximum absolute atomic E-state index is 13.5. The van der Waals surface area contributed by atoms with Crippen LogP contribution in [0.15, 0.2) is 22.7 Å². The molecule has 1 amide bonds. The number of benzene rings is 1. The lowest BCUT2D eigenvalue weighted by atomic mass is 9.89. The number of amides is 1. The van der Waals surface area contributed by atoms with E-state index in [2.05, 4.69) is 26.6 Å². The molecule has 3 atom stereocenters. The van der Waals surface area contributed by atoms with E-state index in [-0.39, 0.29) is 23.8 Å². The van der Waals surface area contributed by atoms with E-state index in [1.54, 1.807) is 0 Å². The second-order valence-electron chi connectivity index (χ2n) is 7.73. The minimum Gasteiger partial charge on any atom is -0.444 e. The maximum Gasteiger partial charge on any atom is 0.407 e. The summed E-state index contributed by atoms with van der Waals surface area (Å²) < 4.78 is 25.2. The number of halogens is 2. The Morgan fingerprint density at radius 3 is 2.81 bits per heavy atom. The smallest absolute Gasteiger partial charge is 0.407 e. The van der Waals surface area contributed by atoms with Gasteiger partial charge in [0.15, 0.2) is 0 Å². The van der Waals surface area contributed by atoms with E-state index in [4.69, 9.17) is 9.47 Å². The van der Waals surface area contributed by atoms with E-state index in [0.717, 1.165) is 16.5 Å². The van der Waals surface area contributed by atoms with Gasteiger partial charge in [-0.3, -0.25) is 0 Å². The monoisotopic (exact) mass is 430 g/mol. The molecule has 2 N–H and O–H groups in total. The highest BCUT2D eigenvalue weighted by Gasteiger charge is 2.31. The largest absolute Gasteiger partial charge is 0.444 e. The van der Waals surface area contributed by atoms with Gasteiger partial charge in [-0.25, -0.2) is 9.18 Å². The number of nitrogens with one attached hydrogen (secondary N) is 2. The van der Waals surface area contributed by atoms with E-state index >= 15 is 0 Å². The summed E-state index contributed by atoms with van der Waals surface area (Å²) in [5.41, 5.74) is 0.338. The molecule has 26 heavy (non-hydrogen) atoms. The molecule has 2 rings (SSSR count). The van der Waals surface area contributed by atoms with Crippen LogP contribution < -0.4 is 10.6 Å². The summed E-state index contributed by atoms with van der Waals surface area (Å²) in [7, 11) is 0. The fourth-order valence-electron chi connectivity index (χ4n) is 3.07. The number of hydrogen-bond acceptors (Lipinski definition) is 4. The van der Waals surface area contributed by atoms with Crippen molar-refractivity contribution >= 4 is 22.0 Å². The van der Waals surface area contributed by atoms with Crippen molar-refractivity contribution < 1.29 is 18.7 Å². The molecule has 5 nitrogen and oxygen atoms in total. The van der Waals surface area contributed by atoms with E-state index < -0.39 is 11.7 Å². The van der Waals surface area contributed by atoms with Crippen LogP contribution in [0.4, 0.5) is 9.18 Å². The average molecular weight is 431 g/mol. The van der Waals surface area contributed by atoms with E-state index in [9.17, 15) is 9.18 Å². The van der Waals surface area contributed by atoms with Gasteiger partial charge in [0.25, 0.3) is 0 Å². The van der Waals surface area contributed by atoms with Crippen molar-refractivity contribution in [3.63, 3.8) is 0 Å². The normalized spacial score (nSPS) is 21.9. The molecule has 1 saturated heterocycles. The zero-order valence-corrected chi connectivity index (χ0v) is 17.4. The van der Waals surface area contributed by atoms with Crippen LogP contribution in [-0.4, -0.2) is 37.0 Å². The lowest BCUT2D eigenvalue weighted by Gasteiger charge is -2.36. The summed E-state index contributed by atoms with van der Waals surface area (Å²) in [4.78, 5) is 12.0. The third kappa shape index (κ3) is 6.85. The molecule has 1 fully saturated rings. The van der Waals surface area contributed by atoms with Crippen LogP contribution in [0.25, 0.3) is 0 Å². The molecule has 146 valence electrons. The van der Waals surface area contributed by atoms with Crippen LogP contribution >= 0.6 is 15.9 Å². The molecule has 0 radical (unpaired) electrons. The fraction of sp³-hybridized carbons (Fsp3) is 0.632. The summed E-state index contributed by atoms with van der Waals surface area (Å²) in [6.45, 7) is 9.24. The lowest BCUT2D eigenvalue weighted by Crippen LogP contribution is -2.52. The van der Waals surface area contributed by atoms with E-state index in [0.29, 0.717) is 19.8 Å². The quantitative estimate of drug-likeness (QED) is 0.740. The highest BCUT2D eigenvalue weighted by atomic mass is 79.9. The van der Waals surface area contributed by atoms with Crippen molar-refractivity contribution in [2.75, 3.05) is 13.2 Å². The Hall–Kier alpha value is -1.18. The Morgan fingerprint density at radius 2 is 2.15 bits per heavy atom. The first-order valence-corrected chi connectivity index (χ1v) is 9.69. The van der Waals surface area contributed by atoms with Crippen molar-refractivity contribution in [2.24, 2.45) is 5.92 Å². The molecule has 1 aromatic rings. The van der Waals surface area contributed by atoms with Gasteiger partial charge < -0.3 is 20.1 Å². The van der Waals surface area contributed by atoms with Crippen LogP contribution in [0.3, 0.4) is 0 Å². The van der Waals surface area contributed by atoms with Crippen molar-refractivity contribution in [3.05, 3.63) is 34.1 Å². The molecule has 1 aliphatic heterocycles. The van der Waals surface area contributed by atoms with Crippen LogP contribution in [0.5, 0.6) is 0 Å². The number of carbonyl (C=O) groups is 1. The van der Waals surface area contributed by atoms with Crippen LogP contribution in [0.1, 0.15) is 39.7 Å². The van der Waals surface area contributed by atoms with Gasteiger partial charge in [0.05, 0.1) is 6.61 Å². The number of rotatable bonds is 5. The number of carbonyl (C=O) groups excluding carboxylic acids is 1. The summed E-state index contributed by atoms with van der Waals surface area (Å²) in [6.07, 6.45) is 0.407. The second kappa shape index (κ2) is 9.15. The summed E-state index contributed by atoms with van der Waals surface area (Å²) in [5.74, 6) is -0.159. The number of ether oxygens (including phenoxy) is 2. The van der Waals surface area contributed by atoms with Crippen molar-refractivity contribution in [2.45, 2.75) is 58.3 Å². The Bertz CT molecular complexity index is 601. The third-order valence-corrected chi connectivity index (χ3v) is 4.74. The molecule has 0 saturated carbocycles. The molecular formula is C19H28BrFN2O3. The highest BCUT2D eigenvalue weighted by Crippen LogP contribution is 2.21. The second-order valence-corrected chi connectivity index (χ2v) is 8.64. The zero-order chi connectivity index (χ0) is 19.3. The van der Waals surface area contributed by atoms with Crippen molar-refractivity contribution in [1.82, 2.24) is 10.6 Å². The minimum absolute atomic E-state index is 0.105. The molecule has 7 heteroatoms. The number of hydrogen-bond donors (Lipinski definition) is 2. The van der Waals surface area contributed by atoms with Crippen LogP contribution in [0, 0.1) is 11.7 Å². The summed E-state index contributed by atoms with van der Waals surface area (Å²) in [6, 6.07) is 4.91. The van der Waals surface area contributed by atoms with Gasteiger partial charge >= 0.3 is 6.09 Å². The van der Waals surface area contributed by atoms with E-state index in [1.807, 2.05) is 33.8 Å². The topological polar surface area (TPSA) is 59.6 Å². The van der Waals surface area contributed by atoms with E-state index in [1.165, 1.54) is 12.1 Å². The first-order valence-electron chi connectivity index (χ1n) is 8.89. The first-order chi connectivity index (χ1) is 12.1. The summed E-state index contributed by atoms with van der Waals surface area (Å²) in [5, 5.41) is 6.39. The third-order valence-electron chi connectivity index (χ3n) is 4.28. The minimum atomic E-state index is -0.532. The van der Waals surface area contributed by atoms with Gasteiger partial charge in [-0.1, -0.05) is 15.9 Å². The summed E-state index contributed by atoms with van der Waals surface area (Å²) >= 11 is 3.32. The predicted molar refractivity (Wildman–Crippen MR) is 102 cm³/mol. The Kier molecular flexibility index (Phi) is 7.43. The van der Waals surface area contributed by atoms with Gasteiger partial charge in [-0.05, 0) is 57.9 Å². The molecule has 0 bridgehead atoms. The van der Waals surface area contributed by atoms with Gasteiger partial charge in [-0.2, -0.15) is 0 Å². The van der Waals surface area contributed by atoms with Crippen molar-refractivity contribution in [3.8, 4) is 0 Å². The average Bonchev–Trinajstić information content (AvgIpc) is 2.50. The molecule has 0 unspecified atom stereocenters. The standard InChI is InChI=1S/C19H28BrFN2O3/c1-12(23-18(24)26-19(2,3)4)16-11-25-6-5-17(16)22-10-13-7-14(20)9-15(21)8-13/h7-9,12,16-17,22H,5-6,10-11H2,1-4H3,(H,23,24)/t12-,16+,17+/m0/s1. The van der Waals surface area contributed by atoms with Gasteiger partial charge in [0.2, 0.25) is 0 Å². The number of alkyl carbamates (subject to hydrolysis) is 1. The Morgan fingerprint density at radius 1 is 1.42 bits per heavy atom. The molecule has 1 aromatic carbocycles. The first kappa shape index (κ1) is 21.1. The molecule has 1 heterocycles. The predicted octanol–water partition coefficient (Wildman–Crippen LogP) is 4.00. The Balaban J connectivity index is 1.94. The maximum atomic E-state index is 13.5. The SMILES string of the molecule is C[C@H](NC(=O)OC(C)(C)C)[C@H]1COCC[C@H]1NCc1cc(F)cc(Br)c1. The van der Waals surface area contributed by atoms with Gasteiger partial charge in [-0.15, -0.1) is 0 Å². The van der Waals surface area contributed by atoms with Crippen LogP contribution in [-0.2, 0) is 16.0 Å². The highest BCUT2D eigenvalue weighted by molar-refractivity contribution is 9.10. The van der Waals surface area contributed by atoms with Crippen molar-refractivity contribution in [1.29, 1.82) is 0 Å². The molecule has 0 spiro atoms. The molecule has 0 aromatic heterocycles. The molecular weight excluding hydrogens is 403 g/mol.